The molecular weight excluding hydrogens is 449 g/mol. The fraction of sp³-hybridized carbons (Fsp3) is 0.0500. The normalized spacial score (nSPS) is 11.8. The second kappa shape index (κ2) is 11.9. The molecule has 156 valence electrons. The summed E-state index contributed by atoms with van der Waals surface area (Å²) in [4.78, 5) is 26.7. The Morgan fingerprint density at radius 3 is 2.37 bits per heavy atom. The van der Waals surface area contributed by atoms with Gasteiger partial charge in [0.2, 0.25) is 6.54 Å². The van der Waals surface area contributed by atoms with Crippen LogP contribution in [0.5, 0.6) is 0 Å². The molecular formula is C20H18Cl3N5O2. The molecule has 0 saturated heterocycles. The van der Waals surface area contributed by atoms with Gasteiger partial charge in [-0.25, -0.2) is 0 Å². The number of hydrazone groups is 1. The Balaban J connectivity index is 0.000000306. The Hall–Kier alpha value is -3.00. The Morgan fingerprint density at radius 2 is 1.73 bits per heavy atom. The molecule has 0 spiro atoms. The van der Waals surface area contributed by atoms with E-state index in [0.29, 0.717) is 23.0 Å². The lowest BCUT2D eigenvalue weighted by Gasteiger charge is -2.03. The van der Waals surface area contributed by atoms with Gasteiger partial charge in [-0.3, -0.25) is 14.6 Å². The van der Waals surface area contributed by atoms with Crippen LogP contribution in [-0.4, -0.2) is 21.8 Å². The molecule has 0 saturated carbocycles. The maximum absolute atomic E-state index is 11.6. The monoisotopic (exact) mass is 465 g/mol. The van der Waals surface area contributed by atoms with Crippen LogP contribution in [-0.2, 0) is 11.3 Å². The van der Waals surface area contributed by atoms with Gasteiger partial charge in [0.25, 0.3) is 11.7 Å². The Morgan fingerprint density at radius 1 is 1.07 bits per heavy atom. The molecule has 4 rings (SSSR count). The number of hydrogen-bond acceptors (Lipinski definition) is 5. The highest BCUT2D eigenvalue weighted by molar-refractivity contribution is 6.65. The van der Waals surface area contributed by atoms with Gasteiger partial charge in [0, 0.05) is 24.5 Å². The summed E-state index contributed by atoms with van der Waals surface area (Å²) in [6, 6.07) is 14.8. The summed E-state index contributed by atoms with van der Waals surface area (Å²) in [5.41, 5.74) is 2.88. The van der Waals surface area contributed by atoms with Crippen molar-refractivity contribution in [2.75, 3.05) is 5.32 Å². The Bertz CT molecular complexity index is 1030. The molecule has 0 atom stereocenters. The number of halogens is 3. The van der Waals surface area contributed by atoms with Gasteiger partial charge in [0.15, 0.2) is 17.6 Å². The average Bonchev–Trinajstić information content (AvgIpc) is 3.03. The highest BCUT2D eigenvalue weighted by atomic mass is 35.5. The van der Waals surface area contributed by atoms with Gasteiger partial charge < -0.3 is 23.6 Å². The lowest BCUT2D eigenvalue weighted by Crippen LogP contribution is -3.00. The van der Waals surface area contributed by atoms with E-state index in [2.05, 4.69) is 15.4 Å². The molecule has 3 aromatic rings. The maximum Gasteiger partial charge on any atom is 0.296 e. The molecule has 3 heterocycles. The summed E-state index contributed by atoms with van der Waals surface area (Å²) < 4.78 is 1.89. The van der Waals surface area contributed by atoms with Crippen LogP contribution in [0.25, 0.3) is 11.1 Å². The van der Waals surface area contributed by atoms with Crippen molar-refractivity contribution in [1.29, 1.82) is 0 Å². The van der Waals surface area contributed by atoms with Crippen molar-refractivity contribution < 1.29 is 26.6 Å². The summed E-state index contributed by atoms with van der Waals surface area (Å²) in [5.74, 6) is 3.92. The third kappa shape index (κ3) is 6.25. The predicted octanol–water partition coefficient (Wildman–Crippen LogP) is -0.206. The molecule has 10 heteroatoms. The molecule has 0 bridgehead atoms. The first-order valence-corrected chi connectivity index (χ1v) is 8.72. The molecule has 0 unspecified atom stereocenters. The van der Waals surface area contributed by atoms with E-state index in [1.807, 2.05) is 53.4 Å². The fourth-order valence-electron chi connectivity index (χ4n) is 2.60. The van der Waals surface area contributed by atoms with Crippen molar-refractivity contribution in [2.24, 2.45) is 10.9 Å². The lowest BCUT2D eigenvalue weighted by molar-refractivity contribution is -0.681. The van der Waals surface area contributed by atoms with Gasteiger partial charge >= 0.3 is 0 Å². The number of pyridine rings is 2. The number of Topliss-reactive ketones (excluding diaryl/α,β-unsaturated/α-hetero) is 1. The standard InChI is InChI=1S/C13H8N2O2.C7H9ClN3.2ClH/c16-12-10-7-9(8-3-5-14-6-4-8)1-2-11(10)15-13(12)17;8-7(10-9)6-11-4-2-1-3-5-11;;/h1-7H,(H,15,16,17);1-5H,6,9H2;2*1H/q;+1;;/p-1/b;10-7-;;. The Kier molecular flexibility index (Phi) is 9.91. The van der Waals surface area contributed by atoms with Crippen LogP contribution in [0.2, 0.25) is 0 Å². The predicted molar refractivity (Wildman–Crippen MR) is 114 cm³/mol. The zero-order valence-corrected chi connectivity index (χ0v) is 17.9. The number of nitrogens with zero attached hydrogens (tertiary/aromatic N) is 3. The molecule has 1 aromatic carbocycles. The van der Waals surface area contributed by atoms with Crippen LogP contribution in [0.3, 0.4) is 0 Å². The van der Waals surface area contributed by atoms with E-state index in [9.17, 15) is 9.59 Å². The van der Waals surface area contributed by atoms with E-state index >= 15 is 0 Å². The molecule has 0 fully saturated rings. The summed E-state index contributed by atoms with van der Waals surface area (Å²) in [5, 5.41) is 6.26. The van der Waals surface area contributed by atoms with E-state index in [1.54, 1.807) is 24.5 Å². The first kappa shape index (κ1) is 25.0. The minimum Gasteiger partial charge on any atom is -1.00 e. The van der Waals surface area contributed by atoms with Gasteiger partial charge in [-0.1, -0.05) is 23.7 Å². The van der Waals surface area contributed by atoms with Crippen LogP contribution in [0, 0.1) is 0 Å². The average molecular weight is 467 g/mol. The van der Waals surface area contributed by atoms with Crippen molar-refractivity contribution >= 4 is 46.6 Å². The fourth-order valence-corrected chi connectivity index (χ4v) is 2.74. The quantitative estimate of drug-likeness (QED) is 0.183. The number of ketones is 1. The third-order valence-electron chi connectivity index (χ3n) is 3.96. The number of fused-ring (bicyclic) bond motifs is 1. The van der Waals surface area contributed by atoms with Gasteiger partial charge in [0.1, 0.15) is 0 Å². The van der Waals surface area contributed by atoms with E-state index in [1.165, 1.54) is 0 Å². The Labute approximate surface area is 190 Å². The van der Waals surface area contributed by atoms with E-state index in [0.717, 1.165) is 11.1 Å². The number of nitrogens with two attached hydrogens (primary N) is 1. The molecule has 1 aliphatic rings. The van der Waals surface area contributed by atoms with Gasteiger partial charge in [-0.15, -0.1) is 12.4 Å². The number of nitrogens with one attached hydrogen (secondary N) is 1. The van der Waals surface area contributed by atoms with Gasteiger partial charge in [-0.2, -0.15) is 9.67 Å². The summed E-state index contributed by atoms with van der Waals surface area (Å²) in [6.07, 6.45) is 7.17. The first-order valence-electron chi connectivity index (χ1n) is 8.35. The van der Waals surface area contributed by atoms with E-state index in [-0.39, 0.29) is 24.8 Å². The summed E-state index contributed by atoms with van der Waals surface area (Å²) in [7, 11) is 0. The van der Waals surface area contributed by atoms with Crippen LogP contribution in [0.15, 0.2) is 78.4 Å². The molecule has 0 aliphatic carbocycles. The first-order chi connectivity index (χ1) is 13.6. The second-order valence-electron chi connectivity index (χ2n) is 5.83. The number of carbonyl (C=O) groups excluding carboxylic acids is 2. The maximum atomic E-state index is 11.6. The molecule has 1 aliphatic heterocycles. The van der Waals surface area contributed by atoms with Crippen LogP contribution < -0.4 is 28.1 Å². The molecule has 7 nitrogen and oxygen atoms in total. The third-order valence-corrected chi connectivity index (χ3v) is 4.18. The minimum absolute atomic E-state index is 0. The molecule has 2 aromatic heterocycles. The number of aromatic nitrogens is 2. The molecule has 30 heavy (non-hydrogen) atoms. The number of rotatable bonds is 3. The molecule has 0 radical (unpaired) electrons. The second-order valence-corrected chi connectivity index (χ2v) is 6.27. The smallest absolute Gasteiger partial charge is 0.296 e. The van der Waals surface area contributed by atoms with Crippen molar-refractivity contribution in [3.63, 3.8) is 0 Å². The zero-order valence-electron chi connectivity index (χ0n) is 15.5. The van der Waals surface area contributed by atoms with Gasteiger partial charge in [-0.05, 0) is 35.4 Å². The number of hydrogen-bond donors (Lipinski definition) is 2. The largest absolute Gasteiger partial charge is 1.00 e. The summed E-state index contributed by atoms with van der Waals surface area (Å²) >= 11 is 5.60. The van der Waals surface area contributed by atoms with Gasteiger partial charge in [0.05, 0.1) is 11.3 Å². The van der Waals surface area contributed by atoms with Crippen LogP contribution in [0.1, 0.15) is 10.4 Å². The van der Waals surface area contributed by atoms with Crippen LogP contribution in [0.4, 0.5) is 5.69 Å². The number of anilines is 1. The zero-order chi connectivity index (χ0) is 19.9. The van der Waals surface area contributed by atoms with Crippen molar-refractivity contribution in [3.8, 4) is 11.1 Å². The lowest BCUT2D eigenvalue weighted by atomic mass is 10.0. The highest BCUT2D eigenvalue weighted by Crippen LogP contribution is 2.28. The number of carbonyl (C=O) groups is 2. The summed E-state index contributed by atoms with van der Waals surface area (Å²) in [6.45, 7) is 0.527. The molecule has 3 N–H and O–H groups in total. The van der Waals surface area contributed by atoms with E-state index in [4.69, 9.17) is 17.4 Å². The van der Waals surface area contributed by atoms with E-state index < -0.39 is 11.7 Å². The minimum atomic E-state index is -0.563. The highest BCUT2D eigenvalue weighted by Gasteiger charge is 2.27. The number of benzene rings is 1. The molecule has 1 amide bonds. The number of amides is 1. The SMILES string of the molecule is Cl.N/N=C(\Cl)C[n+]1ccccc1.O=C1Nc2ccc(-c3ccncc3)cc2C1=O.[Cl-]. The van der Waals surface area contributed by atoms with Crippen molar-refractivity contribution in [2.45, 2.75) is 6.54 Å². The van der Waals surface area contributed by atoms with Crippen LogP contribution >= 0.6 is 24.0 Å². The van der Waals surface area contributed by atoms with Crippen molar-refractivity contribution in [3.05, 3.63) is 78.9 Å². The van der Waals surface area contributed by atoms with Crippen molar-refractivity contribution in [1.82, 2.24) is 4.98 Å². The topological polar surface area (TPSA) is 101 Å².